The summed E-state index contributed by atoms with van der Waals surface area (Å²) in [6, 6.07) is 0. The Bertz CT molecular complexity index is 409. The number of carbonyl (C=O) groups is 2. The Morgan fingerprint density at radius 1 is 0.800 bits per heavy atom. The number of dihydropyridines is 1. The molecule has 0 bridgehead atoms. The summed E-state index contributed by atoms with van der Waals surface area (Å²) < 4.78 is 0. The minimum absolute atomic E-state index is 0. The maximum atomic E-state index is 11.7. The van der Waals surface area contributed by atoms with E-state index in [2.05, 4.69) is 5.32 Å². The maximum absolute atomic E-state index is 11.7. The molecule has 0 unspecified atom stereocenters. The summed E-state index contributed by atoms with van der Waals surface area (Å²) >= 11 is 0. The molecule has 3 nitrogen and oxygen atoms in total. The molecule has 1 radical (unpaired) electrons. The van der Waals surface area contributed by atoms with Gasteiger partial charge in [0.1, 0.15) is 0 Å². The van der Waals surface area contributed by atoms with Crippen molar-refractivity contribution in [2.75, 3.05) is 0 Å². The number of allylic oxidation sites excluding steroid dienone is 4. The Balaban J connectivity index is 0.000000667. The molecule has 0 spiro atoms. The van der Waals surface area contributed by atoms with Gasteiger partial charge in [-0.1, -0.05) is 34.6 Å². The molecule has 1 N–H and O–H groups in total. The van der Waals surface area contributed by atoms with Gasteiger partial charge in [-0.25, -0.2) is 0 Å². The second-order valence-electron chi connectivity index (χ2n) is 4.48. The molecule has 1 heterocycles. The molecular weight excluding hydrogens is 289 g/mol. The summed E-state index contributed by atoms with van der Waals surface area (Å²) in [7, 11) is 0. The predicted octanol–water partition coefficient (Wildman–Crippen LogP) is 3.51. The smallest absolute Gasteiger partial charge is 0.161 e. The van der Waals surface area contributed by atoms with Gasteiger partial charge in [0.05, 0.1) is 0 Å². The fraction of sp³-hybridized carbons (Fsp3) is 0.625. The Morgan fingerprint density at radius 2 is 1.15 bits per heavy atom. The molecule has 3 aliphatic rings. The van der Waals surface area contributed by atoms with Crippen LogP contribution in [-0.2, 0) is 28.1 Å². The van der Waals surface area contributed by atoms with Crippen LogP contribution in [0.15, 0.2) is 22.5 Å². The third kappa shape index (κ3) is 3.26. The summed E-state index contributed by atoms with van der Waals surface area (Å²) in [4.78, 5) is 23.4. The zero-order chi connectivity index (χ0) is 14.6. The summed E-state index contributed by atoms with van der Waals surface area (Å²) in [5.74, 6) is 0.466. The Morgan fingerprint density at radius 3 is 1.50 bits per heavy atom. The fourth-order valence-corrected chi connectivity index (χ4v) is 2.94. The van der Waals surface area contributed by atoms with Crippen LogP contribution >= 0.6 is 0 Å². The van der Waals surface area contributed by atoms with Crippen LogP contribution in [0.5, 0.6) is 0 Å². The molecule has 0 saturated heterocycles. The van der Waals surface area contributed by atoms with Crippen molar-refractivity contribution in [2.24, 2.45) is 5.92 Å². The summed E-state index contributed by atoms with van der Waals surface area (Å²) in [5.41, 5.74) is 3.87. The van der Waals surface area contributed by atoms with Crippen molar-refractivity contribution in [2.45, 2.75) is 60.3 Å². The van der Waals surface area contributed by atoms with Crippen molar-refractivity contribution >= 4 is 11.6 Å². The first-order valence-electron chi connectivity index (χ1n) is 7.48. The standard InChI is InChI=1S/C12H13NO2.2C2H6.V/c1-6-11-7(2-4-9(11)14)13-8-3-5-10(15)12(6)8;2*1-2;/h6,13H,2-5H2,1H3;2*1-2H3;. The Hall–Kier alpha value is -0.796. The van der Waals surface area contributed by atoms with Gasteiger partial charge in [0.2, 0.25) is 0 Å². The number of ketones is 2. The van der Waals surface area contributed by atoms with Gasteiger partial charge in [0.15, 0.2) is 11.6 Å². The van der Waals surface area contributed by atoms with Crippen LogP contribution in [0.25, 0.3) is 0 Å². The van der Waals surface area contributed by atoms with Gasteiger partial charge in [0, 0.05) is 59.9 Å². The average molecular weight is 314 g/mol. The first kappa shape index (κ1) is 19.2. The SMILES string of the molecule is CC.CC.CC1C2=C(CCC2=O)NC2=C1C(=O)CC2.[V]. The zero-order valence-corrected chi connectivity index (χ0v) is 14.6. The number of hydrogen-bond donors (Lipinski definition) is 1. The molecule has 2 aliphatic carbocycles. The van der Waals surface area contributed by atoms with Crippen molar-refractivity contribution in [3.8, 4) is 0 Å². The van der Waals surface area contributed by atoms with Gasteiger partial charge >= 0.3 is 0 Å². The van der Waals surface area contributed by atoms with Crippen LogP contribution in [0.4, 0.5) is 0 Å². The maximum Gasteiger partial charge on any atom is 0.161 e. The molecule has 0 saturated carbocycles. The second kappa shape index (κ2) is 8.48. The molecule has 111 valence electrons. The zero-order valence-electron chi connectivity index (χ0n) is 13.2. The molecule has 0 aromatic rings. The van der Waals surface area contributed by atoms with Gasteiger partial charge in [-0.05, 0) is 12.8 Å². The summed E-state index contributed by atoms with van der Waals surface area (Å²) in [6.45, 7) is 9.98. The second-order valence-corrected chi connectivity index (χ2v) is 4.48. The van der Waals surface area contributed by atoms with Crippen molar-refractivity contribution in [1.29, 1.82) is 0 Å². The Kier molecular flexibility index (Phi) is 8.14. The number of rotatable bonds is 0. The minimum atomic E-state index is 0. The van der Waals surface area contributed by atoms with E-state index in [1.165, 1.54) is 0 Å². The van der Waals surface area contributed by atoms with Crippen LogP contribution < -0.4 is 5.32 Å². The van der Waals surface area contributed by atoms with E-state index >= 15 is 0 Å². The topological polar surface area (TPSA) is 46.2 Å². The molecule has 20 heavy (non-hydrogen) atoms. The van der Waals surface area contributed by atoms with E-state index in [4.69, 9.17) is 0 Å². The van der Waals surface area contributed by atoms with Crippen LogP contribution in [0.3, 0.4) is 0 Å². The van der Waals surface area contributed by atoms with E-state index in [0.717, 1.165) is 35.4 Å². The molecule has 4 heteroatoms. The number of nitrogens with one attached hydrogen (secondary N) is 1. The quantitative estimate of drug-likeness (QED) is 0.744. The first-order valence-corrected chi connectivity index (χ1v) is 7.48. The third-order valence-electron chi connectivity index (χ3n) is 3.62. The van der Waals surface area contributed by atoms with E-state index in [-0.39, 0.29) is 36.0 Å². The van der Waals surface area contributed by atoms with Gasteiger partial charge < -0.3 is 5.32 Å². The van der Waals surface area contributed by atoms with E-state index in [9.17, 15) is 9.59 Å². The minimum Gasteiger partial charge on any atom is -0.362 e. The fourth-order valence-electron chi connectivity index (χ4n) is 2.94. The molecule has 0 amide bonds. The van der Waals surface area contributed by atoms with Crippen LogP contribution in [0, 0.1) is 5.92 Å². The molecule has 0 aromatic heterocycles. The van der Waals surface area contributed by atoms with E-state index < -0.39 is 0 Å². The van der Waals surface area contributed by atoms with Crippen molar-refractivity contribution < 1.29 is 28.1 Å². The van der Waals surface area contributed by atoms with Crippen LogP contribution in [0.1, 0.15) is 60.3 Å². The molecular formula is C16H25NO2V. The normalized spacial score (nSPS) is 20.1. The largest absolute Gasteiger partial charge is 0.362 e. The molecule has 0 atom stereocenters. The van der Waals surface area contributed by atoms with E-state index in [1.54, 1.807) is 0 Å². The van der Waals surface area contributed by atoms with Gasteiger partial charge in [-0.15, -0.1) is 0 Å². The average Bonchev–Trinajstić information content (AvgIpc) is 3.00. The van der Waals surface area contributed by atoms with E-state index in [1.807, 2.05) is 34.6 Å². The molecule has 1 aliphatic heterocycles. The van der Waals surface area contributed by atoms with Gasteiger partial charge in [-0.2, -0.15) is 0 Å². The third-order valence-corrected chi connectivity index (χ3v) is 3.62. The molecule has 0 fully saturated rings. The first-order chi connectivity index (χ1) is 9.18. The van der Waals surface area contributed by atoms with Gasteiger partial charge in [0.25, 0.3) is 0 Å². The van der Waals surface area contributed by atoms with Crippen LogP contribution in [0.2, 0.25) is 0 Å². The van der Waals surface area contributed by atoms with Crippen LogP contribution in [-0.4, -0.2) is 11.6 Å². The van der Waals surface area contributed by atoms with Crippen molar-refractivity contribution in [1.82, 2.24) is 5.32 Å². The number of hydrogen-bond acceptors (Lipinski definition) is 3. The van der Waals surface area contributed by atoms with Gasteiger partial charge in [-0.3, -0.25) is 9.59 Å². The molecule has 0 aromatic carbocycles. The van der Waals surface area contributed by atoms with Crippen molar-refractivity contribution in [3.05, 3.63) is 22.5 Å². The Labute approximate surface area is 134 Å². The van der Waals surface area contributed by atoms with Crippen molar-refractivity contribution in [3.63, 3.8) is 0 Å². The predicted molar refractivity (Wildman–Crippen MR) is 77.5 cm³/mol. The number of Topliss-reactive ketones (excluding diaryl/α,β-unsaturated/α-hetero) is 2. The summed E-state index contributed by atoms with van der Waals surface area (Å²) in [6.07, 6.45) is 2.86. The number of carbonyl (C=O) groups excluding carboxylic acids is 2. The molecule has 3 rings (SSSR count). The monoisotopic (exact) mass is 314 g/mol. The summed E-state index contributed by atoms with van der Waals surface area (Å²) in [5, 5.41) is 3.29. The van der Waals surface area contributed by atoms with E-state index in [0.29, 0.717) is 12.8 Å².